The summed E-state index contributed by atoms with van der Waals surface area (Å²) in [5, 5.41) is 6.77. The van der Waals surface area contributed by atoms with Gasteiger partial charge in [-0.25, -0.2) is 9.78 Å². The van der Waals surface area contributed by atoms with E-state index in [1.807, 2.05) is 6.07 Å². The minimum atomic E-state index is -1.68. The van der Waals surface area contributed by atoms with Crippen molar-refractivity contribution >= 4 is 45.1 Å². The van der Waals surface area contributed by atoms with Crippen LogP contribution in [0.15, 0.2) is 48.2 Å². The number of rotatable bonds is 9. The van der Waals surface area contributed by atoms with E-state index in [4.69, 9.17) is 14.2 Å². The smallest absolute Gasteiger partial charge is 0.334 e. The predicted octanol–water partition coefficient (Wildman–Crippen LogP) is 5.96. The number of hydrogen-bond acceptors (Lipinski definition) is 9. The number of carbonyl (C=O) groups excluding carboxylic acids is 3. The number of aromatic nitrogens is 3. The number of benzene rings is 1. The van der Waals surface area contributed by atoms with E-state index in [0.717, 1.165) is 5.56 Å². The topological polar surface area (TPSA) is 113 Å². The van der Waals surface area contributed by atoms with Gasteiger partial charge in [-0.05, 0) is 56.9 Å². The first-order valence-electron chi connectivity index (χ1n) is 14.5. The molecule has 3 unspecified atom stereocenters. The summed E-state index contributed by atoms with van der Waals surface area (Å²) in [4.78, 5) is 49.7. The molecule has 1 aliphatic heterocycles. The van der Waals surface area contributed by atoms with Gasteiger partial charge in [0.25, 0.3) is 5.91 Å². The summed E-state index contributed by atoms with van der Waals surface area (Å²) in [5.74, 6) is -1.13. The standard InChI is InChI=1S/C32H41BrN4O6S/c1-9-42-27(39)31(19-33)18-32(20-36-15-10-13-35-36,28(40)43-30(5,6)7)37(24(31)25-34-14-16-44-25)26(38)21-11-12-22(29(2,3)4)23(17-21)41-8/h10-17,24H,9,18-20H2,1-8H3. The summed E-state index contributed by atoms with van der Waals surface area (Å²) < 4.78 is 19.0. The van der Waals surface area contributed by atoms with Gasteiger partial charge < -0.3 is 19.1 Å². The normalized spacial score (nSPS) is 22.1. The fourth-order valence-electron chi connectivity index (χ4n) is 5.84. The lowest BCUT2D eigenvalue weighted by Gasteiger charge is -2.40. The van der Waals surface area contributed by atoms with Crippen LogP contribution in [-0.4, -0.2) is 67.7 Å². The van der Waals surface area contributed by atoms with Crippen molar-refractivity contribution in [3.63, 3.8) is 0 Å². The van der Waals surface area contributed by atoms with E-state index in [1.165, 1.54) is 16.2 Å². The maximum Gasteiger partial charge on any atom is 0.334 e. The zero-order valence-electron chi connectivity index (χ0n) is 26.5. The fourth-order valence-corrected chi connectivity index (χ4v) is 7.42. The van der Waals surface area contributed by atoms with Crippen molar-refractivity contribution in [1.29, 1.82) is 0 Å². The molecule has 3 heterocycles. The maximum atomic E-state index is 15.0. The number of alkyl halides is 1. The van der Waals surface area contributed by atoms with Crippen LogP contribution in [0.1, 0.15) is 81.9 Å². The molecule has 4 rings (SSSR count). The highest BCUT2D eigenvalue weighted by molar-refractivity contribution is 9.09. The molecule has 1 saturated heterocycles. The molecule has 238 valence electrons. The molecule has 1 amide bonds. The van der Waals surface area contributed by atoms with E-state index < -0.39 is 40.4 Å². The van der Waals surface area contributed by atoms with Crippen LogP contribution in [0.4, 0.5) is 0 Å². The summed E-state index contributed by atoms with van der Waals surface area (Å²) in [6, 6.07) is 6.06. The SMILES string of the molecule is CCOC(=O)C1(CBr)CC(Cn2cccn2)(C(=O)OC(C)(C)C)N(C(=O)c2ccc(C(C)(C)C)c(OC)c2)C1c1nccs1. The summed E-state index contributed by atoms with van der Waals surface area (Å²) in [7, 11) is 1.56. The molecule has 0 aliphatic carbocycles. The van der Waals surface area contributed by atoms with Crippen molar-refractivity contribution < 1.29 is 28.6 Å². The molecule has 44 heavy (non-hydrogen) atoms. The van der Waals surface area contributed by atoms with Gasteiger partial charge >= 0.3 is 11.9 Å². The Bertz CT molecular complexity index is 1480. The molecule has 0 saturated carbocycles. The molecule has 12 heteroatoms. The van der Waals surface area contributed by atoms with Crippen LogP contribution in [0, 0.1) is 5.41 Å². The van der Waals surface area contributed by atoms with Crippen molar-refractivity contribution in [2.75, 3.05) is 19.0 Å². The molecule has 1 fully saturated rings. The Morgan fingerprint density at radius 3 is 2.36 bits per heavy atom. The van der Waals surface area contributed by atoms with Crippen LogP contribution in [0.2, 0.25) is 0 Å². The highest BCUT2D eigenvalue weighted by atomic mass is 79.9. The Morgan fingerprint density at radius 2 is 1.84 bits per heavy atom. The van der Waals surface area contributed by atoms with Gasteiger partial charge in [-0.2, -0.15) is 5.10 Å². The Kier molecular flexibility index (Phi) is 9.65. The second-order valence-electron chi connectivity index (χ2n) is 13.0. The summed E-state index contributed by atoms with van der Waals surface area (Å²) in [5.41, 5.74) is -2.99. The van der Waals surface area contributed by atoms with Gasteiger partial charge in [0.15, 0.2) is 5.54 Å². The van der Waals surface area contributed by atoms with Gasteiger partial charge in [0, 0.05) is 41.3 Å². The number of amides is 1. The number of ether oxygens (including phenoxy) is 3. The van der Waals surface area contributed by atoms with E-state index in [2.05, 4.69) is 46.8 Å². The minimum absolute atomic E-state index is 0.0616. The molecule has 10 nitrogen and oxygen atoms in total. The minimum Gasteiger partial charge on any atom is -0.496 e. The lowest BCUT2D eigenvalue weighted by molar-refractivity contribution is -0.168. The monoisotopic (exact) mass is 688 g/mol. The Hall–Kier alpha value is -3.25. The van der Waals surface area contributed by atoms with E-state index in [0.29, 0.717) is 16.3 Å². The van der Waals surface area contributed by atoms with Crippen LogP contribution in [0.3, 0.4) is 0 Å². The highest BCUT2D eigenvalue weighted by Crippen LogP contribution is 2.58. The number of hydrogen-bond donors (Lipinski definition) is 0. The summed E-state index contributed by atoms with van der Waals surface area (Å²) in [6.07, 6.45) is 4.84. The second kappa shape index (κ2) is 12.6. The molecular weight excluding hydrogens is 648 g/mol. The third-order valence-corrected chi connectivity index (χ3v) is 9.52. The molecule has 1 aliphatic rings. The lowest BCUT2D eigenvalue weighted by Crippen LogP contribution is -2.58. The predicted molar refractivity (Wildman–Crippen MR) is 171 cm³/mol. The molecule has 3 aromatic rings. The van der Waals surface area contributed by atoms with Crippen molar-refractivity contribution in [3.05, 3.63) is 64.4 Å². The number of carbonyl (C=O) groups is 3. The fraction of sp³-hybridized carbons (Fsp3) is 0.531. The molecule has 2 aromatic heterocycles. The van der Waals surface area contributed by atoms with Gasteiger partial charge in [-0.1, -0.05) is 42.8 Å². The molecular formula is C32H41BrN4O6S. The van der Waals surface area contributed by atoms with Crippen LogP contribution in [0.25, 0.3) is 0 Å². The van der Waals surface area contributed by atoms with Gasteiger partial charge in [0.1, 0.15) is 27.8 Å². The van der Waals surface area contributed by atoms with Crippen molar-refractivity contribution in [1.82, 2.24) is 19.7 Å². The number of thiazole rings is 1. The molecule has 0 N–H and O–H groups in total. The zero-order chi connectivity index (χ0) is 32.5. The number of esters is 2. The maximum absolute atomic E-state index is 15.0. The molecule has 0 bridgehead atoms. The van der Waals surface area contributed by atoms with Gasteiger partial charge in [0.05, 0.1) is 20.3 Å². The summed E-state index contributed by atoms with van der Waals surface area (Å²) in [6.45, 7) is 13.3. The first kappa shape index (κ1) is 33.6. The first-order chi connectivity index (χ1) is 20.6. The third-order valence-electron chi connectivity index (χ3n) is 7.69. The Labute approximate surface area is 271 Å². The van der Waals surface area contributed by atoms with E-state index >= 15 is 4.79 Å². The van der Waals surface area contributed by atoms with Crippen LogP contribution < -0.4 is 4.74 Å². The summed E-state index contributed by atoms with van der Waals surface area (Å²) >= 11 is 4.90. The average Bonchev–Trinajstić information content (AvgIpc) is 3.71. The first-order valence-corrected chi connectivity index (χ1v) is 16.5. The Balaban J connectivity index is 2.05. The van der Waals surface area contributed by atoms with Gasteiger partial charge in [-0.3, -0.25) is 14.3 Å². The van der Waals surface area contributed by atoms with Crippen LogP contribution in [-0.2, 0) is 31.0 Å². The van der Waals surface area contributed by atoms with Crippen LogP contribution >= 0.6 is 27.3 Å². The Morgan fingerprint density at radius 1 is 1.11 bits per heavy atom. The zero-order valence-corrected chi connectivity index (χ0v) is 29.0. The number of halogens is 1. The number of nitrogens with zero attached hydrogens (tertiary/aromatic N) is 4. The number of likely N-dealkylation sites (tertiary alicyclic amines) is 1. The molecule has 3 atom stereocenters. The quantitative estimate of drug-likeness (QED) is 0.200. The average molecular weight is 690 g/mol. The van der Waals surface area contributed by atoms with Crippen molar-refractivity contribution in [2.24, 2.45) is 5.41 Å². The highest BCUT2D eigenvalue weighted by Gasteiger charge is 2.70. The largest absolute Gasteiger partial charge is 0.496 e. The van der Waals surface area contributed by atoms with Crippen molar-refractivity contribution in [3.8, 4) is 5.75 Å². The second-order valence-corrected chi connectivity index (χ2v) is 14.5. The van der Waals surface area contributed by atoms with Crippen molar-refractivity contribution in [2.45, 2.75) is 84.0 Å². The third kappa shape index (κ3) is 6.28. The van der Waals surface area contributed by atoms with Crippen LogP contribution in [0.5, 0.6) is 5.75 Å². The van der Waals surface area contributed by atoms with Gasteiger partial charge in [0.2, 0.25) is 0 Å². The lowest BCUT2D eigenvalue weighted by atomic mass is 9.78. The number of methoxy groups -OCH3 is 1. The molecule has 1 aromatic carbocycles. The van der Waals surface area contributed by atoms with E-state index in [9.17, 15) is 9.59 Å². The molecule has 0 spiro atoms. The van der Waals surface area contributed by atoms with E-state index in [1.54, 1.807) is 81.7 Å². The van der Waals surface area contributed by atoms with Gasteiger partial charge in [-0.15, -0.1) is 11.3 Å². The molecule has 0 radical (unpaired) electrons. The van der Waals surface area contributed by atoms with E-state index in [-0.39, 0.29) is 30.3 Å².